The lowest BCUT2D eigenvalue weighted by Gasteiger charge is -2.08. The Kier molecular flexibility index (Phi) is 5.15. The number of nitrogens with zero attached hydrogens (tertiary/aromatic N) is 1. The van der Waals surface area contributed by atoms with E-state index in [0.717, 1.165) is 0 Å². The molecule has 4 heteroatoms. The molecule has 0 saturated heterocycles. The van der Waals surface area contributed by atoms with Crippen molar-refractivity contribution in [1.29, 1.82) is 5.26 Å². The molecule has 1 rings (SSSR count). The molecule has 0 radical (unpaired) electrons. The van der Waals surface area contributed by atoms with Gasteiger partial charge in [-0.1, -0.05) is 6.07 Å². The number of unbranched alkanes of at least 4 members (excludes halogenated alkanes) is 1. The standard InChI is InChI=1S/C13H14FNO2/c1-2-17-13(16)11-7-5-8-12(14)10(11)6-3-4-9-15/h5,7-8H,2-4,6H2,1H3. The summed E-state index contributed by atoms with van der Waals surface area (Å²) in [7, 11) is 0. The molecular weight excluding hydrogens is 221 g/mol. The molecule has 90 valence electrons. The maximum Gasteiger partial charge on any atom is 0.338 e. The minimum atomic E-state index is -0.515. The summed E-state index contributed by atoms with van der Waals surface area (Å²) in [6.45, 7) is 1.96. The number of benzene rings is 1. The highest BCUT2D eigenvalue weighted by Gasteiger charge is 2.15. The van der Waals surface area contributed by atoms with Gasteiger partial charge < -0.3 is 4.74 Å². The molecule has 0 atom stereocenters. The summed E-state index contributed by atoms with van der Waals surface area (Å²) in [6, 6.07) is 6.33. The van der Waals surface area contributed by atoms with E-state index in [4.69, 9.17) is 10.00 Å². The molecule has 17 heavy (non-hydrogen) atoms. The molecular formula is C13H14FNO2. The Morgan fingerprint density at radius 1 is 1.53 bits per heavy atom. The maximum absolute atomic E-state index is 13.6. The lowest BCUT2D eigenvalue weighted by atomic mass is 10.0. The topological polar surface area (TPSA) is 50.1 Å². The van der Waals surface area contributed by atoms with Crippen molar-refractivity contribution in [2.45, 2.75) is 26.2 Å². The van der Waals surface area contributed by atoms with E-state index in [9.17, 15) is 9.18 Å². The Morgan fingerprint density at radius 3 is 2.94 bits per heavy atom. The SMILES string of the molecule is CCOC(=O)c1cccc(F)c1CCCC#N. The number of hydrogen-bond donors (Lipinski definition) is 0. The first-order valence-electron chi connectivity index (χ1n) is 5.52. The quantitative estimate of drug-likeness (QED) is 0.582. The van der Waals surface area contributed by atoms with Gasteiger partial charge >= 0.3 is 5.97 Å². The number of rotatable bonds is 5. The van der Waals surface area contributed by atoms with Crippen LogP contribution in [0.4, 0.5) is 4.39 Å². The zero-order valence-corrected chi connectivity index (χ0v) is 9.70. The van der Waals surface area contributed by atoms with Gasteiger partial charge in [-0.25, -0.2) is 9.18 Å². The van der Waals surface area contributed by atoms with Crippen LogP contribution < -0.4 is 0 Å². The Hall–Kier alpha value is -1.89. The average molecular weight is 235 g/mol. The molecule has 0 spiro atoms. The third kappa shape index (κ3) is 3.56. The van der Waals surface area contributed by atoms with Crippen molar-refractivity contribution in [2.24, 2.45) is 0 Å². The van der Waals surface area contributed by atoms with E-state index in [1.807, 2.05) is 6.07 Å². The lowest BCUT2D eigenvalue weighted by molar-refractivity contribution is 0.0524. The number of nitriles is 1. The highest BCUT2D eigenvalue weighted by atomic mass is 19.1. The number of hydrogen-bond acceptors (Lipinski definition) is 3. The summed E-state index contributed by atoms with van der Waals surface area (Å²) < 4.78 is 18.4. The zero-order valence-electron chi connectivity index (χ0n) is 9.70. The molecule has 0 N–H and O–H groups in total. The van der Waals surface area contributed by atoms with Crippen LogP contribution in [0.25, 0.3) is 0 Å². The van der Waals surface area contributed by atoms with Gasteiger partial charge in [-0.2, -0.15) is 5.26 Å². The number of carbonyl (C=O) groups is 1. The molecule has 0 bridgehead atoms. The van der Waals surface area contributed by atoms with Gasteiger partial charge in [0.05, 0.1) is 18.2 Å². The van der Waals surface area contributed by atoms with Crippen LogP contribution in [0.2, 0.25) is 0 Å². The number of ether oxygens (including phenoxy) is 1. The average Bonchev–Trinajstić information content (AvgIpc) is 2.31. The van der Waals surface area contributed by atoms with Crippen LogP contribution in [0.1, 0.15) is 35.7 Å². The fourth-order valence-corrected chi connectivity index (χ4v) is 1.56. The number of halogens is 1. The van der Waals surface area contributed by atoms with E-state index in [0.29, 0.717) is 24.8 Å². The number of carbonyl (C=O) groups excluding carboxylic acids is 1. The molecule has 0 saturated carbocycles. The molecule has 0 aliphatic rings. The Labute approximate surface area is 99.8 Å². The fourth-order valence-electron chi connectivity index (χ4n) is 1.56. The van der Waals surface area contributed by atoms with Crippen molar-refractivity contribution in [2.75, 3.05) is 6.61 Å². The van der Waals surface area contributed by atoms with Crippen LogP contribution in [0.3, 0.4) is 0 Å². The molecule has 0 unspecified atom stereocenters. The van der Waals surface area contributed by atoms with Crippen LogP contribution in [-0.2, 0) is 11.2 Å². The second-order valence-corrected chi connectivity index (χ2v) is 3.50. The normalized spacial score (nSPS) is 9.71. The van der Waals surface area contributed by atoms with Gasteiger partial charge in [0, 0.05) is 12.0 Å². The molecule has 3 nitrogen and oxygen atoms in total. The highest BCUT2D eigenvalue weighted by Crippen LogP contribution is 2.17. The van der Waals surface area contributed by atoms with Gasteiger partial charge in [0.25, 0.3) is 0 Å². The van der Waals surface area contributed by atoms with E-state index in [1.165, 1.54) is 12.1 Å². The van der Waals surface area contributed by atoms with Crippen molar-refractivity contribution in [1.82, 2.24) is 0 Å². The molecule has 0 aliphatic carbocycles. The molecule has 1 aromatic rings. The van der Waals surface area contributed by atoms with Gasteiger partial charge in [-0.15, -0.1) is 0 Å². The van der Waals surface area contributed by atoms with Crippen LogP contribution >= 0.6 is 0 Å². The minimum Gasteiger partial charge on any atom is -0.462 e. The van der Waals surface area contributed by atoms with Gasteiger partial charge in [0.1, 0.15) is 5.82 Å². The van der Waals surface area contributed by atoms with Gasteiger partial charge in [-0.3, -0.25) is 0 Å². The van der Waals surface area contributed by atoms with Crippen LogP contribution in [-0.4, -0.2) is 12.6 Å². The minimum absolute atomic E-state index is 0.254. The van der Waals surface area contributed by atoms with E-state index < -0.39 is 11.8 Å². The van der Waals surface area contributed by atoms with E-state index in [-0.39, 0.29) is 12.2 Å². The summed E-state index contributed by atoms with van der Waals surface area (Å²) in [5, 5.41) is 8.44. The fraction of sp³-hybridized carbons (Fsp3) is 0.385. The van der Waals surface area contributed by atoms with Crippen LogP contribution in [0.15, 0.2) is 18.2 Å². The predicted octanol–water partition coefficient (Wildman–Crippen LogP) is 2.85. The molecule has 0 fully saturated rings. The second kappa shape index (κ2) is 6.64. The van der Waals surface area contributed by atoms with Crippen LogP contribution in [0, 0.1) is 17.1 Å². The first-order valence-corrected chi connectivity index (χ1v) is 5.52. The summed E-state index contributed by atoms with van der Waals surface area (Å²) in [5.41, 5.74) is 0.589. The summed E-state index contributed by atoms with van der Waals surface area (Å²) >= 11 is 0. The first kappa shape index (κ1) is 13.2. The second-order valence-electron chi connectivity index (χ2n) is 3.50. The van der Waals surface area contributed by atoms with Crippen LogP contribution in [0.5, 0.6) is 0 Å². The van der Waals surface area contributed by atoms with Crippen molar-refractivity contribution in [3.8, 4) is 6.07 Å². The maximum atomic E-state index is 13.6. The smallest absolute Gasteiger partial charge is 0.338 e. The van der Waals surface area contributed by atoms with Gasteiger partial charge in [-0.05, 0) is 31.9 Å². The van der Waals surface area contributed by atoms with Crippen molar-refractivity contribution >= 4 is 5.97 Å². The molecule has 0 amide bonds. The number of esters is 1. The summed E-state index contributed by atoms with van der Waals surface area (Å²) in [6.07, 6.45) is 1.24. The molecule has 0 aliphatic heterocycles. The van der Waals surface area contributed by atoms with Crippen molar-refractivity contribution in [3.63, 3.8) is 0 Å². The lowest BCUT2D eigenvalue weighted by Crippen LogP contribution is -2.09. The van der Waals surface area contributed by atoms with Gasteiger partial charge in [0.2, 0.25) is 0 Å². The largest absolute Gasteiger partial charge is 0.462 e. The first-order chi connectivity index (χ1) is 8.20. The molecule has 0 aromatic heterocycles. The summed E-state index contributed by atoms with van der Waals surface area (Å²) in [4.78, 5) is 11.6. The highest BCUT2D eigenvalue weighted by molar-refractivity contribution is 5.91. The van der Waals surface area contributed by atoms with E-state index in [2.05, 4.69) is 0 Å². The summed E-state index contributed by atoms with van der Waals surface area (Å²) in [5.74, 6) is -0.938. The third-order valence-electron chi connectivity index (χ3n) is 2.33. The zero-order chi connectivity index (χ0) is 12.7. The molecule has 0 heterocycles. The predicted molar refractivity (Wildman–Crippen MR) is 60.9 cm³/mol. The van der Waals surface area contributed by atoms with E-state index >= 15 is 0 Å². The van der Waals surface area contributed by atoms with Crippen molar-refractivity contribution < 1.29 is 13.9 Å². The molecule has 1 aromatic carbocycles. The van der Waals surface area contributed by atoms with E-state index in [1.54, 1.807) is 13.0 Å². The van der Waals surface area contributed by atoms with Gasteiger partial charge in [0.15, 0.2) is 0 Å². The monoisotopic (exact) mass is 235 g/mol. The van der Waals surface area contributed by atoms with Crippen molar-refractivity contribution in [3.05, 3.63) is 35.1 Å². The Bertz CT molecular complexity index is 438. The Balaban J connectivity index is 2.92. The Morgan fingerprint density at radius 2 is 2.29 bits per heavy atom. The third-order valence-corrected chi connectivity index (χ3v) is 2.33.